The summed E-state index contributed by atoms with van der Waals surface area (Å²) in [5.41, 5.74) is 1.52. The van der Waals surface area contributed by atoms with Crippen LogP contribution in [0, 0.1) is 27.1 Å². The molecular weight excluding hydrogens is 415 g/mol. The van der Waals surface area contributed by atoms with Crippen LogP contribution in [0.1, 0.15) is 41.8 Å². The predicted octanol–water partition coefficient (Wildman–Crippen LogP) is 3.65. The van der Waals surface area contributed by atoms with Crippen molar-refractivity contribution in [2.45, 2.75) is 38.8 Å². The quantitative estimate of drug-likeness (QED) is 0.400. The molecule has 1 fully saturated rings. The van der Waals surface area contributed by atoms with E-state index in [9.17, 15) is 14.0 Å². The number of ether oxygens (including phenoxy) is 1. The SMILES string of the molecule is CC(=O)Oc1cc2c(s1)CCN(C(C(=O)C1CC1)c1ccccc1F)C2.O=[N+]([O-])[O-]. The maximum absolute atomic E-state index is 14.4. The molecule has 10 heteroatoms. The number of rotatable bonds is 5. The van der Waals surface area contributed by atoms with E-state index in [1.165, 1.54) is 29.2 Å². The number of thiophene rings is 1. The third kappa shape index (κ3) is 5.39. The van der Waals surface area contributed by atoms with Crippen LogP contribution in [0.15, 0.2) is 30.3 Å². The van der Waals surface area contributed by atoms with Gasteiger partial charge in [0.25, 0.3) is 0 Å². The van der Waals surface area contributed by atoms with E-state index in [2.05, 4.69) is 4.90 Å². The van der Waals surface area contributed by atoms with Crippen molar-refractivity contribution < 1.29 is 23.8 Å². The van der Waals surface area contributed by atoms with Gasteiger partial charge < -0.3 is 20.1 Å². The number of carbonyl (C=O) groups is 2. The van der Waals surface area contributed by atoms with Crippen LogP contribution in [-0.4, -0.2) is 28.3 Å². The molecule has 0 radical (unpaired) electrons. The number of benzene rings is 1. The van der Waals surface area contributed by atoms with Crippen molar-refractivity contribution in [2.24, 2.45) is 5.92 Å². The Hall–Kier alpha value is -2.85. The molecule has 1 aliphatic heterocycles. The Morgan fingerprint density at radius 2 is 1.97 bits per heavy atom. The zero-order chi connectivity index (χ0) is 21.8. The first-order valence-corrected chi connectivity index (χ1v) is 10.2. The molecule has 0 spiro atoms. The lowest BCUT2D eigenvalue weighted by Gasteiger charge is -2.34. The lowest BCUT2D eigenvalue weighted by Crippen LogP contribution is -2.38. The highest BCUT2D eigenvalue weighted by Crippen LogP contribution is 2.41. The summed E-state index contributed by atoms with van der Waals surface area (Å²) in [5.74, 6) is -0.495. The summed E-state index contributed by atoms with van der Waals surface area (Å²) in [7, 11) is 0. The van der Waals surface area contributed by atoms with E-state index >= 15 is 0 Å². The van der Waals surface area contributed by atoms with Crippen LogP contribution < -0.4 is 4.74 Å². The molecule has 2 aliphatic rings. The molecule has 0 N–H and O–H groups in total. The molecule has 1 aromatic carbocycles. The standard InChI is InChI=1S/C20H20FNO3S.NO3/c1-12(23)25-18-10-14-11-22(9-8-17(14)26-18)19(20(24)13-6-7-13)15-4-2-3-5-16(15)21;2-1(3)4/h2-5,10,13,19H,6-9,11H2,1H3;/q;-1. The van der Waals surface area contributed by atoms with Crippen LogP contribution in [0.2, 0.25) is 0 Å². The highest BCUT2D eigenvalue weighted by molar-refractivity contribution is 7.14. The molecule has 0 saturated heterocycles. The number of halogens is 1. The van der Waals surface area contributed by atoms with Gasteiger partial charge in [0.15, 0.2) is 10.8 Å². The number of nitrogens with zero attached hydrogens (tertiary/aromatic N) is 2. The molecule has 1 atom stereocenters. The maximum Gasteiger partial charge on any atom is 0.308 e. The van der Waals surface area contributed by atoms with Crippen molar-refractivity contribution in [1.29, 1.82) is 0 Å². The molecular formula is C20H20FN2O6S-. The summed E-state index contributed by atoms with van der Waals surface area (Å²) in [6, 6.07) is 7.89. The zero-order valence-electron chi connectivity index (χ0n) is 16.2. The lowest BCUT2D eigenvalue weighted by atomic mass is 9.95. The van der Waals surface area contributed by atoms with Crippen molar-refractivity contribution in [1.82, 2.24) is 4.90 Å². The Balaban J connectivity index is 0.000000589. The summed E-state index contributed by atoms with van der Waals surface area (Å²) in [5, 5.41) is 15.3. The van der Waals surface area contributed by atoms with Gasteiger partial charge in [0.2, 0.25) is 0 Å². The van der Waals surface area contributed by atoms with Gasteiger partial charge in [-0.25, -0.2) is 4.39 Å². The Morgan fingerprint density at radius 3 is 2.57 bits per heavy atom. The van der Waals surface area contributed by atoms with Crippen LogP contribution in [-0.2, 0) is 22.6 Å². The van der Waals surface area contributed by atoms with Gasteiger partial charge in [-0.1, -0.05) is 18.2 Å². The lowest BCUT2D eigenvalue weighted by molar-refractivity contribution is -0.402. The van der Waals surface area contributed by atoms with E-state index < -0.39 is 11.1 Å². The average molecular weight is 435 g/mol. The Morgan fingerprint density at radius 1 is 1.30 bits per heavy atom. The van der Waals surface area contributed by atoms with Crippen molar-refractivity contribution in [3.8, 4) is 5.06 Å². The molecule has 1 saturated carbocycles. The van der Waals surface area contributed by atoms with Crippen LogP contribution in [0.3, 0.4) is 0 Å². The minimum Gasteiger partial charge on any atom is -0.416 e. The van der Waals surface area contributed by atoms with E-state index in [0.29, 0.717) is 23.7 Å². The zero-order valence-corrected chi connectivity index (χ0v) is 17.0. The second-order valence-corrected chi connectivity index (χ2v) is 8.25. The number of carbonyl (C=O) groups excluding carboxylic acids is 2. The van der Waals surface area contributed by atoms with Crippen molar-refractivity contribution in [3.05, 3.63) is 67.5 Å². The fraction of sp³-hybridized carbons (Fsp3) is 0.400. The van der Waals surface area contributed by atoms with Gasteiger partial charge in [0.05, 0.1) is 11.1 Å². The predicted molar refractivity (Wildman–Crippen MR) is 107 cm³/mol. The Bertz CT molecular complexity index is 955. The average Bonchev–Trinajstić information content (AvgIpc) is 3.43. The number of fused-ring (bicyclic) bond motifs is 1. The largest absolute Gasteiger partial charge is 0.416 e. The number of hydrogen-bond acceptors (Lipinski definition) is 8. The fourth-order valence-electron chi connectivity index (χ4n) is 3.56. The van der Waals surface area contributed by atoms with Crippen LogP contribution in [0.5, 0.6) is 5.06 Å². The van der Waals surface area contributed by atoms with E-state index in [0.717, 1.165) is 24.8 Å². The topological polar surface area (TPSA) is 113 Å². The molecule has 4 rings (SSSR count). The van der Waals surface area contributed by atoms with Crippen molar-refractivity contribution >= 4 is 23.1 Å². The van der Waals surface area contributed by atoms with Crippen molar-refractivity contribution in [2.75, 3.05) is 6.54 Å². The first-order chi connectivity index (χ1) is 14.3. The fourth-order valence-corrected chi connectivity index (χ4v) is 4.61. The first-order valence-electron chi connectivity index (χ1n) is 9.40. The van der Waals surface area contributed by atoms with Gasteiger partial charge in [-0.05, 0) is 37.0 Å². The van der Waals surface area contributed by atoms with Gasteiger partial charge in [0, 0.05) is 36.4 Å². The molecule has 0 amide bonds. The molecule has 30 heavy (non-hydrogen) atoms. The minimum absolute atomic E-state index is 0.0556. The molecule has 1 aromatic heterocycles. The number of ketones is 1. The van der Waals surface area contributed by atoms with Gasteiger partial charge >= 0.3 is 5.97 Å². The Labute approximate surface area is 176 Å². The normalized spacial score (nSPS) is 16.6. The molecule has 1 aliphatic carbocycles. The van der Waals surface area contributed by atoms with Crippen LogP contribution in [0.4, 0.5) is 4.39 Å². The van der Waals surface area contributed by atoms with E-state index in [1.807, 2.05) is 6.07 Å². The van der Waals surface area contributed by atoms with E-state index in [1.54, 1.807) is 18.2 Å². The van der Waals surface area contributed by atoms with Crippen LogP contribution in [0.25, 0.3) is 0 Å². The van der Waals surface area contributed by atoms with E-state index in [4.69, 9.17) is 20.1 Å². The van der Waals surface area contributed by atoms with Gasteiger partial charge in [-0.15, -0.1) is 11.3 Å². The number of Topliss-reactive ketones (excluding diaryl/α,β-unsaturated/α-hetero) is 1. The van der Waals surface area contributed by atoms with E-state index in [-0.39, 0.29) is 23.5 Å². The highest BCUT2D eigenvalue weighted by Gasteiger charge is 2.40. The van der Waals surface area contributed by atoms with Crippen molar-refractivity contribution in [3.63, 3.8) is 0 Å². The number of hydrogen-bond donors (Lipinski definition) is 0. The maximum atomic E-state index is 14.4. The smallest absolute Gasteiger partial charge is 0.308 e. The summed E-state index contributed by atoms with van der Waals surface area (Å²) in [6.45, 7) is 2.63. The van der Waals surface area contributed by atoms with Gasteiger partial charge in [-0.2, -0.15) is 0 Å². The summed E-state index contributed by atoms with van der Waals surface area (Å²) in [4.78, 5) is 35.6. The van der Waals surface area contributed by atoms with Crippen LogP contribution >= 0.6 is 11.3 Å². The first kappa shape index (κ1) is 21.8. The summed E-state index contributed by atoms with van der Waals surface area (Å²) < 4.78 is 19.6. The third-order valence-corrected chi connectivity index (χ3v) is 6.05. The highest BCUT2D eigenvalue weighted by atomic mass is 32.1. The number of esters is 1. The molecule has 1 unspecified atom stereocenters. The molecule has 2 heterocycles. The second-order valence-electron chi connectivity index (χ2n) is 7.15. The summed E-state index contributed by atoms with van der Waals surface area (Å²) in [6.07, 6.45) is 2.57. The third-order valence-electron chi connectivity index (χ3n) is 4.93. The van der Waals surface area contributed by atoms with Gasteiger partial charge in [0.1, 0.15) is 5.82 Å². The molecule has 160 valence electrons. The van der Waals surface area contributed by atoms with Gasteiger partial charge in [-0.3, -0.25) is 14.5 Å². The molecule has 8 nitrogen and oxygen atoms in total. The second kappa shape index (κ2) is 9.31. The Kier molecular flexibility index (Phi) is 6.78. The molecule has 0 bridgehead atoms. The molecule has 2 aromatic rings. The summed E-state index contributed by atoms with van der Waals surface area (Å²) >= 11 is 1.47. The minimum atomic E-state index is -1.75. The monoisotopic (exact) mass is 435 g/mol.